The van der Waals surface area contributed by atoms with Crippen molar-refractivity contribution in [1.82, 2.24) is 4.98 Å². The summed E-state index contributed by atoms with van der Waals surface area (Å²) in [7, 11) is 0. The second-order valence-corrected chi connectivity index (χ2v) is 5.31. The Morgan fingerprint density at radius 1 is 1.30 bits per heavy atom. The van der Waals surface area contributed by atoms with Gasteiger partial charge in [0.1, 0.15) is 11.5 Å². The molecule has 0 aliphatic carbocycles. The Morgan fingerprint density at radius 3 is 2.52 bits per heavy atom. The van der Waals surface area contributed by atoms with Gasteiger partial charge in [0.15, 0.2) is 0 Å². The summed E-state index contributed by atoms with van der Waals surface area (Å²) < 4.78 is 43.7. The number of carbonyl (C=O) groups excluding carboxylic acids is 1. The van der Waals surface area contributed by atoms with Crippen LogP contribution in [0.25, 0.3) is 5.57 Å². The summed E-state index contributed by atoms with van der Waals surface area (Å²) in [4.78, 5) is 17.4. The van der Waals surface area contributed by atoms with E-state index in [1.54, 1.807) is 11.8 Å². The molecule has 0 amide bonds. The van der Waals surface area contributed by atoms with Crippen LogP contribution in [-0.4, -0.2) is 30.6 Å². The number of piperidine rings is 1. The number of esters is 1. The van der Waals surface area contributed by atoms with Crippen molar-refractivity contribution >= 4 is 17.4 Å². The number of hydrogen-bond donors (Lipinski definition) is 0. The van der Waals surface area contributed by atoms with Gasteiger partial charge < -0.3 is 9.64 Å². The fourth-order valence-corrected chi connectivity index (χ4v) is 2.52. The van der Waals surface area contributed by atoms with Gasteiger partial charge in [-0.3, -0.25) is 0 Å². The van der Waals surface area contributed by atoms with E-state index in [0.29, 0.717) is 18.7 Å². The Kier molecular flexibility index (Phi) is 5.28. The highest BCUT2D eigenvalue weighted by atomic mass is 19.4. The predicted molar refractivity (Wildman–Crippen MR) is 81.0 cm³/mol. The molecule has 1 aliphatic heterocycles. The molecule has 1 aliphatic rings. The van der Waals surface area contributed by atoms with Crippen LogP contribution in [0, 0.1) is 0 Å². The summed E-state index contributed by atoms with van der Waals surface area (Å²) in [5.41, 5.74) is -0.662. The molecule has 1 aromatic heterocycles. The van der Waals surface area contributed by atoms with E-state index in [0.717, 1.165) is 25.3 Å². The lowest BCUT2D eigenvalue weighted by atomic mass is 10.0. The highest BCUT2D eigenvalue weighted by molar-refractivity contribution is 6.17. The van der Waals surface area contributed by atoms with Crippen molar-refractivity contribution in [3.63, 3.8) is 0 Å². The number of nitrogens with zero attached hydrogens (tertiary/aromatic N) is 2. The molecule has 0 bridgehead atoms. The Bertz CT molecular complexity index is 593. The van der Waals surface area contributed by atoms with E-state index >= 15 is 0 Å². The number of aromatic nitrogens is 1. The van der Waals surface area contributed by atoms with Crippen LogP contribution in [-0.2, 0) is 15.7 Å². The molecule has 2 heterocycles. The molecule has 23 heavy (non-hydrogen) atoms. The van der Waals surface area contributed by atoms with E-state index in [4.69, 9.17) is 4.74 Å². The van der Waals surface area contributed by atoms with Crippen molar-refractivity contribution in [2.45, 2.75) is 32.4 Å². The first-order chi connectivity index (χ1) is 10.8. The highest BCUT2D eigenvalue weighted by Crippen LogP contribution is 2.33. The van der Waals surface area contributed by atoms with E-state index in [-0.39, 0.29) is 18.0 Å². The topological polar surface area (TPSA) is 42.4 Å². The van der Waals surface area contributed by atoms with Gasteiger partial charge in [0, 0.05) is 18.7 Å². The third-order valence-electron chi connectivity index (χ3n) is 3.67. The van der Waals surface area contributed by atoms with E-state index in [9.17, 15) is 18.0 Å². The van der Waals surface area contributed by atoms with Gasteiger partial charge in [-0.15, -0.1) is 0 Å². The molecule has 4 nitrogen and oxygen atoms in total. The van der Waals surface area contributed by atoms with E-state index in [2.05, 4.69) is 11.6 Å². The fraction of sp³-hybridized carbons (Fsp3) is 0.500. The molecule has 7 heteroatoms. The first kappa shape index (κ1) is 17.3. The molecular formula is C16H19F3N2O2. The summed E-state index contributed by atoms with van der Waals surface area (Å²) in [6, 6.07) is 2.12. The van der Waals surface area contributed by atoms with Crippen LogP contribution in [0.2, 0.25) is 0 Å². The fourth-order valence-electron chi connectivity index (χ4n) is 2.52. The first-order valence-corrected chi connectivity index (χ1v) is 7.54. The van der Waals surface area contributed by atoms with Crippen LogP contribution in [0.15, 0.2) is 18.7 Å². The van der Waals surface area contributed by atoms with Crippen LogP contribution in [0.3, 0.4) is 0 Å². The number of rotatable bonds is 4. The molecule has 0 spiro atoms. The van der Waals surface area contributed by atoms with Gasteiger partial charge in [-0.1, -0.05) is 6.58 Å². The number of pyridine rings is 1. The maximum atomic E-state index is 13.0. The maximum absolute atomic E-state index is 13.0. The summed E-state index contributed by atoms with van der Waals surface area (Å²) in [5, 5.41) is 0. The van der Waals surface area contributed by atoms with Gasteiger partial charge in [0.05, 0.1) is 12.2 Å². The van der Waals surface area contributed by atoms with E-state index in [1.807, 2.05) is 0 Å². The zero-order chi connectivity index (χ0) is 17.0. The quantitative estimate of drug-likeness (QED) is 0.625. The molecule has 0 aromatic carbocycles. The van der Waals surface area contributed by atoms with E-state index < -0.39 is 17.8 Å². The Balaban J connectivity index is 2.43. The molecule has 0 atom stereocenters. The number of carbonyl (C=O) groups is 1. The van der Waals surface area contributed by atoms with E-state index in [1.165, 1.54) is 6.07 Å². The molecule has 1 aromatic rings. The molecule has 0 N–H and O–H groups in total. The zero-order valence-electron chi connectivity index (χ0n) is 12.9. The second-order valence-electron chi connectivity index (χ2n) is 5.31. The Hall–Kier alpha value is -2.05. The number of hydrogen-bond acceptors (Lipinski definition) is 4. The van der Waals surface area contributed by atoms with Crippen molar-refractivity contribution in [2.75, 3.05) is 24.6 Å². The van der Waals surface area contributed by atoms with Crippen LogP contribution >= 0.6 is 0 Å². The van der Waals surface area contributed by atoms with Crippen molar-refractivity contribution in [3.8, 4) is 0 Å². The third-order valence-corrected chi connectivity index (χ3v) is 3.67. The van der Waals surface area contributed by atoms with Gasteiger partial charge in [-0.05, 0) is 38.3 Å². The molecule has 2 rings (SSSR count). The smallest absolute Gasteiger partial charge is 0.433 e. The minimum Gasteiger partial charge on any atom is -0.462 e. The Labute approximate surface area is 133 Å². The summed E-state index contributed by atoms with van der Waals surface area (Å²) >= 11 is 0. The number of anilines is 1. The van der Waals surface area contributed by atoms with Crippen molar-refractivity contribution in [1.29, 1.82) is 0 Å². The van der Waals surface area contributed by atoms with Gasteiger partial charge in [0.2, 0.25) is 0 Å². The van der Waals surface area contributed by atoms with Crippen molar-refractivity contribution in [3.05, 3.63) is 30.0 Å². The number of halogens is 3. The SMILES string of the molecule is C=C(C(=O)OCC)c1ccc(C(F)(F)F)nc1N1CCCCC1. The minimum absolute atomic E-state index is 0.0219. The van der Waals surface area contributed by atoms with Gasteiger partial charge in [-0.2, -0.15) is 13.2 Å². The summed E-state index contributed by atoms with van der Waals surface area (Å²) in [6.45, 7) is 6.71. The predicted octanol–water partition coefficient (Wildman–Crippen LogP) is 3.67. The average molecular weight is 328 g/mol. The summed E-state index contributed by atoms with van der Waals surface area (Å²) in [5.74, 6) is -0.495. The molecule has 0 radical (unpaired) electrons. The highest BCUT2D eigenvalue weighted by Gasteiger charge is 2.34. The maximum Gasteiger partial charge on any atom is 0.433 e. The zero-order valence-corrected chi connectivity index (χ0v) is 12.9. The molecule has 126 valence electrons. The molecule has 0 saturated carbocycles. The minimum atomic E-state index is -4.53. The van der Waals surface area contributed by atoms with Crippen LogP contribution in [0.1, 0.15) is 37.4 Å². The van der Waals surface area contributed by atoms with Gasteiger partial charge in [0.25, 0.3) is 0 Å². The molecular weight excluding hydrogens is 309 g/mol. The third kappa shape index (κ3) is 4.03. The second kappa shape index (κ2) is 7.02. The normalized spacial score (nSPS) is 15.4. The lowest BCUT2D eigenvalue weighted by molar-refractivity contribution is -0.141. The average Bonchev–Trinajstić information content (AvgIpc) is 2.54. The van der Waals surface area contributed by atoms with Gasteiger partial charge >= 0.3 is 12.1 Å². The van der Waals surface area contributed by atoms with Crippen LogP contribution in [0.5, 0.6) is 0 Å². The van der Waals surface area contributed by atoms with Crippen molar-refractivity contribution < 1.29 is 22.7 Å². The van der Waals surface area contributed by atoms with Crippen LogP contribution < -0.4 is 4.90 Å². The molecule has 1 saturated heterocycles. The largest absolute Gasteiger partial charge is 0.462 e. The lowest BCUT2D eigenvalue weighted by Gasteiger charge is -2.30. The van der Waals surface area contributed by atoms with Crippen molar-refractivity contribution in [2.24, 2.45) is 0 Å². The van der Waals surface area contributed by atoms with Crippen LogP contribution in [0.4, 0.5) is 19.0 Å². The molecule has 0 unspecified atom stereocenters. The Morgan fingerprint density at radius 2 is 1.96 bits per heavy atom. The monoisotopic (exact) mass is 328 g/mol. The number of alkyl halides is 3. The lowest BCUT2D eigenvalue weighted by Crippen LogP contribution is -2.32. The van der Waals surface area contributed by atoms with Gasteiger partial charge in [-0.25, -0.2) is 9.78 Å². The standard InChI is InChI=1S/C16H19F3N2O2/c1-3-23-15(22)11(2)12-7-8-13(16(17,18)19)20-14(12)21-9-5-4-6-10-21/h7-8H,2-6,9-10H2,1H3. The molecule has 1 fully saturated rings. The summed E-state index contributed by atoms with van der Waals surface area (Å²) in [6.07, 6.45) is -1.75. The first-order valence-electron chi connectivity index (χ1n) is 7.54. The number of ether oxygens (including phenoxy) is 1.